The molecule has 0 rings (SSSR count). The molecule has 0 heterocycles. The van der Waals surface area contributed by atoms with Crippen LogP contribution in [0.25, 0.3) is 0 Å². The van der Waals surface area contributed by atoms with Gasteiger partial charge >= 0.3 is 6.09 Å². The van der Waals surface area contributed by atoms with E-state index >= 15 is 0 Å². The van der Waals surface area contributed by atoms with Gasteiger partial charge in [0.1, 0.15) is 12.2 Å². The molecule has 0 aliphatic carbocycles. The van der Waals surface area contributed by atoms with Gasteiger partial charge in [-0.25, -0.2) is 4.79 Å². The van der Waals surface area contributed by atoms with E-state index in [1.54, 1.807) is 20.8 Å². The fourth-order valence-electron chi connectivity index (χ4n) is 1.39. The molecule has 2 amide bonds. The number of carbonyl (C=O) groups excluding carboxylic acids is 2. The molecular weight excluding hydrogens is 272 g/mol. The first-order valence-electron chi connectivity index (χ1n) is 7.15. The van der Waals surface area contributed by atoms with Crippen molar-refractivity contribution in [3.8, 4) is 11.8 Å². The molecule has 0 radical (unpaired) electrons. The van der Waals surface area contributed by atoms with Crippen LogP contribution in [0, 0.1) is 11.8 Å². The van der Waals surface area contributed by atoms with Crippen molar-refractivity contribution in [2.75, 3.05) is 19.7 Å². The second-order valence-electron chi connectivity index (χ2n) is 5.50. The summed E-state index contributed by atoms with van der Waals surface area (Å²) in [5.41, 5.74) is -0.514. The second-order valence-corrected chi connectivity index (χ2v) is 5.50. The van der Waals surface area contributed by atoms with Crippen molar-refractivity contribution in [1.29, 1.82) is 0 Å². The number of aliphatic hydroxyl groups is 1. The minimum atomic E-state index is -0.514. The van der Waals surface area contributed by atoms with Crippen LogP contribution in [-0.2, 0) is 9.53 Å². The molecule has 0 atom stereocenters. The monoisotopic (exact) mass is 298 g/mol. The van der Waals surface area contributed by atoms with Gasteiger partial charge in [-0.1, -0.05) is 5.92 Å². The van der Waals surface area contributed by atoms with Gasteiger partial charge in [0, 0.05) is 25.9 Å². The lowest BCUT2D eigenvalue weighted by Gasteiger charge is -2.19. The molecule has 0 aliphatic heterocycles. The van der Waals surface area contributed by atoms with E-state index in [2.05, 4.69) is 22.5 Å². The fraction of sp³-hybridized carbons (Fsp3) is 0.733. The summed E-state index contributed by atoms with van der Waals surface area (Å²) >= 11 is 0. The molecule has 0 aromatic rings. The zero-order valence-corrected chi connectivity index (χ0v) is 13.1. The van der Waals surface area contributed by atoms with Gasteiger partial charge in [-0.2, -0.15) is 0 Å². The third-order valence-corrected chi connectivity index (χ3v) is 2.25. The quantitative estimate of drug-likeness (QED) is 0.486. The molecule has 0 unspecified atom stereocenters. The van der Waals surface area contributed by atoms with Gasteiger partial charge in [0.15, 0.2) is 0 Å². The number of hydrogen-bond acceptors (Lipinski definition) is 4. The van der Waals surface area contributed by atoms with Crippen LogP contribution in [0.3, 0.4) is 0 Å². The third-order valence-electron chi connectivity index (χ3n) is 2.25. The first-order chi connectivity index (χ1) is 9.85. The van der Waals surface area contributed by atoms with Gasteiger partial charge in [-0.05, 0) is 33.6 Å². The largest absolute Gasteiger partial charge is 0.444 e. The summed E-state index contributed by atoms with van der Waals surface area (Å²) in [5.74, 6) is 5.28. The SMILES string of the molecule is CC(C)(C)OC(=O)NCCCC(=O)NCCCC#CCO. The molecule has 0 saturated heterocycles. The number of hydrogen-bond donors (Lipinski definition) is 3. The highest BCUT2D eigenvalue weighted by molar-refractivity contribution is 5.75. The van der Waals surface area contributed by atoms with E-state index in [1.807, 2.05) is 0 Å². The zero-order chi connectivity index (χ0) is 16.1. The van der Waals surface area contributed by atoms with Crippen molar-refractivity contribution in [1.82, 2.24) is 10.6 Å². The van der Waals surface area contributed by atoms with Crippen LogP contribution in [0.1, 0.15) is 46.5 Å². The topological polar surface area (TPSA) is 87.7 Å². The first-order valence-corrected chi connectivity index (χ1v) is 7.15. The summed E-state index contributed by atoms with van der Waals surface area (Å²) < 4.78 is 5.08. The number of alkyl carbamates (subject to hydrolysis) is 1. The standard InChI is InChI=1S/C15H26N2O4/c1-15(2,3)21-14(20)17-11-8-9-13(19)16-10-6-4-5-7-12-18/h18H,4,6,8-12H2,1-3H3,(H,16,19)(H,17,20). The molecule has 0 saturated carbocycles. The summed E-state index contributed by atoms with van der Waals surface area (Å²) in [7, 11) is 0. The van der Waals surface area contributed by atoms with Gasteiger partial charge in [0.05, 0.1) is 0 Å². The van der Waals surface area contributed by atoms with Gasteiger partial charge in [-0.15, -0.1) is 5.92 Å². The van der Waals surface area contributed by atoms with Gasteiger partial charge < -0.3 is 20.5 Å². The number of unbranched alkanes of at least 4 members (excludes halogenated alkanes) is 1. The van der Waals surface area contributed by atoms with Crippen LogP contribution in [0.15, 0.2) is 0 Å². The van der Waals surface area contributed by atoms with Gasteiger partial charge in [0.25, 0.3) is 0 Å². The molecule has 0 aromatic heterocycles. The van der Waals surface area contributed by atoms with Crippen molar-refractivity contribution in [2.45, 2.75) is 52.1 Å². The molecule has 120 valence electrons. The average Bonchev–Trinajstić information content (AvgIpc) is 2.37. The van der Waals surface area contributed by atoms with E-state index in [0.29, 0.717) is 32.4 Å². The smallest absolute Gasteiger partial charge is 0.407 e. The van der Waals surface area contributed by atoms with E-state index in [9.17, 15) is 9.59 Å². The maximum absolute atomic E-state index is 11.5. The number of aliphatic hydroxyl groups excluding tert-OH is 1. The minimum Gasteiger partial charge on any atom is -0.444 e. The minimum absolute atomic E-state index is 0.0453. The van der Waals surface area contributed by atoms with Crippen LogP contribution in [0.2, 0.25) is 0 Å². The second kappa shape index (κ2) is 11.0. The van der Waals surface area contributed by atoms with Crippen LogP contribution in [-0.4, -0.2) is 42.4 Å². The lowest BCUT2D eigenvalue weighted by molar-refractivity contribution is -0.121. The predicted octanol–water partition coefficient (Wildman–Crippen LogP) is 1.18. The Morgan fingerprint density at radius 1 is 1.10 bits per heavy atom. The normalized spacial score (nSPS) is 10.3. The molecular formula is C15H26N2O4. The molecule has 0 spiro atoms. The highest BCUT2D eigenvalue weighted by Gasteiger charge is 2.15. The molecule has 6 heteroatoms. The number of nitrogens with one attached hydrogen (secondary N) is 2. The molecule has 21 heavy (non-hydrogen) atoms. The fourth-order valence-corrected chi connectivity index (χ4v) is 1.39. The zero-order valence-electron chi connectivity index (χ0n) is 13.1. The summed E-state index contributed by atoms with van der Waals surface area (Å²) in [6.45, 7) is 6.24. The van der Waals surface area contributed by atoms with Crippen molar-refractivity contribution < 1.29 is 19.4 Å². The average molecular weight is 298 g/mol. The summed E-state index contributed by atoms with van der Waals surface area (Å²) in [6.07, 6.45) is 1.87. The van der Waals surface area contributed by atoms with Crippen LogP contribution < -0.4 is 10.6 Å². The van der Waals surface area contributed by atoms with E-state index in [-0.39, 0.29) is 12.5 Å². The molecule has 3 N–H and O–H groups in total. The summed E-state index contributed by atoms with van der Waals surface area (Å²) in [6, 6.07) is 0. The van der Waals surface area contributed by atoms with Gasteiger partial charge in [0.2, 0.25) is 5.91 Å². The Morgan fingerprint density at radius 3 is 2.38 bits per heavy atom. The van der Waals surface area contributed by atoms with E-state index in [0.717, 1.165) is 6.42 Å². The molecule has 0 fully saturated rings. The number of carbonyl (C=O) groups is 2. The predicted molar refractivity (Wildman–Crippen MR) is 80.6 cm³/mol. The summed E-state index contributed by atoms with van der Waals surface area (Å²) in [5, 5.41) is 13.8. The lowest BCUT2D eigenvalue weighted by Crippen LogP contribution is -2.33. The Hall–Kier alpha value is -1.74. The Balaban J connectivity index is 3.52. The van der Waals surface area contributed by atoms with Crippen LogP contribution >= 0.6 is 0 Å². The van der Waals surface area contributed by atoms with Crippen LogP contribution in [0.5, 0.6) is 0 Å². The van der Waals surface area contributed by atoms with Crippen molar-refractivity contribution >= 4 is 12.0 Å². The van der Waals surface area contributed by atoms with E-state index in [1.165, 1.54) is 0 Å². The Bertz CT molecular complexity index is 377. The Morgan fingerprint density at radius 2 is 1.76 bits per heavy atom. The van der Waals surface area contributed by atoms with E-state index < -0.39 is 11.7 Å². The Labute approximate surface area is 126 Å². The van der Waals surface area contributed by atoms with Crippen LogP contribution in [0.4, 0.5) is 4.79 Å². The maximum Gasteiger partial charge on any atom is 0.407 e. The highest BCUT2D eigenvalue weighted by atomic mass is 16.6. The number of ether oxygens (including phenoxy) is 1. The third kappa shape index (κ3) is 14.5. The van der Waals surface area contributed by atoms with E-state index in [4.69, 9.17) is 9.84 Å². The molecule has 0 aliphatic rings. The molecule has 0 aromatic carbocycles. The lowest BCUT2D eigenvalue weighted by atomic mass is 10.2. The molecule has 6 nitrogen and oxygen atoms in total. The first kappa shape index (κ1) is 19.3. The van der Waals surface area contributed by atoms with Gasteiger partial charge in [-0.3, -0.25) is 4.79 Å². The van der Waals surface area contributed by atoms with Crippen molar-refractivity contribution in [3.05, 3.63) is 0 Å². The maximum atomic E-state index is 11.5. The number of rotatable bonds is 7. The van der Waals surface area contributed by atoms with Crippen molar-refractivity contribution in [2.24, 2.45) is 0 Å². The highest BCUT2D eigenvalue weighted by Crippen LogP contribution is 2.06. The number of amides is 2. The van der Waals surface area contributed by atoms with Crippen molar-refractivity contribution in [3.63, 3.8) is 0 Å². The Kier molecular flexibility index (Phi) is 10.1. The molecule has 0 bridgehead atoms. The summed E-state index contributed by atoms with van der Waals surface area (Å²) in [4.78, 5) is 22.8.